The van der Waals surface area contributed by atoms with E-state index in [-0.39, 0.29) is 17.5 Å². The first kappa shape index (κ1) is 20.1. The molecule has 4 aliphatic carbocycles. The van der Waals surface area contributed by atoms with Crippen LogP contribution in [0, 0.1) is 30.1 Å². The maximum absolute atomic E-state index is 12.6. The Balaban J connectivity index is 1.17. The maximum atomic E-state index is 12.6. The van der Waals surface area contributed by atoms with Gasteiger partial charge in [0.2, 0.25) is 5.91 Å². The van der Waals surface area contributed by atoms with Gasteiger partial charge in [-0.2, -0.15) is 0 Å². The van der Waals surface area contributed by atoms with Crippen molar-refractivity contribution >= 4 is 23.3 Å². The molecule has 4 fully saturated rings. The molecule has 160 valence electrons. The number of thioether (sulfide) groups is 1. The van der Waals surface area contributed by atoms with Crippen LogP contribution in [0.2, 0.25) is 0 Å². The normalized spacial score (nSPS) is 30.5. The van der Waals surface area contributed by atoms with Crippen LogP contribution in [-0.2, 0) is 10.5 Å². The van der Waals surface area contributed by atoms with E-state index in [1.807, 2.05) is 19.1 Å². The Morgan fingerprint density at radius 2 is 1.90 bits per heavy atom. The van der Waals surface area contributed by atoms with Crippen molar-refractivity contribution in [1.82, 2.24) is 14.7 Å². The molecule has 1 N–H and O–H groups in total. The molecule has 0 aliphatic heterocycles. The number of amides is 1. The van der Waals surface area contributed by atoms with E-state index in [1.54, 1.807) is 16.7 Å². The summed E-state index contributed by atoms with van der Waals surface area (Å²) in [4.78, 5) is 29.5. The van der Waals surface area contributed by atoms with E-state index in [4.69, 9.17) is 0 Å². The number of aromatic nitrogens is 2. The molecule has 4 bridgehead atoms. The maximum Gasteiger partial charge on any atom is 0.258 e. The van der Waals surface area contributed by atoms with Gasteiger partial charge in [-0.05, 0) is 87.2 Å². The smallest absolute Gasteiger partial charge is 0.258 e. The Bertz CT molecular complexity index is 995. The summed E-state index contributed by atoms with van der Waals surface area (Å²) < 4.78 is 1.57. The van der Waals surface area contributed by atoms with Crippen molar-refractivity contribution in [2.75, 3.05) is 5.75 Å². The molecular weight excluding hydrogens is 394 g/mol. The zero-order valence-electron chi connectivity index (χ0n) is 17.9. The van der Waals surface area contributed by atoms with Crippen LogP contribution >= 0.6 is 11.8 Å². The predicted octanol–water partition coefficient (Wildman–Crippen LogP) is 3.96. The van der Waals surface area contributed by atoms with Gasteiger partial charge in [-0.1, -0.05) is 6.07 Å². The summed E-state index contributed by atoms with van der Waals surface area (Å²) in [6.45, 7) is 4.18. The van der Waals surface area contributed by atoms with Gasteiger partial charge in [-0.15, -0.1) is 11.8 Å². The highest BCUT2D eigenvalue weighted by Gasteiger charge is 2.53. The molecule has 6 heteroatoms. The van der Waals surface area contributed by atoms with E-state index in [1.165, 1.54) is 50.3 Å². The average molecular weight is 426 g/mol. The van der Waals surface area contributed by atoms with E-state index >= 15 is 0 Å². The van der Waals surface area contributed by atoms with Crippen LogP contribution in [0.4, 0.5) is 0 Å². The number of hydrogen-bond acceptors (Lipinski definition) is 4. The lowest BCUT2D eigenvalue weighted by Crippen LogP contribution is -2.56. The van der Waals surface area contributed by atoms with E-state index < -0.39 is 0 Å². The molecule has 2 aromatic heterocycles. The first-order valence-corrected chi connectivity index (χ1v) is 12.4. The average Bonchev–Trinajstić information content (AvgIpc) is 2.67. The summed E-state index contributed by atoms with van der Waals surface area (Å²) in [6.07, 6.45) is 9.99. The number of hydrogen-bond donors (Lipinski definition) is 1. The van der Waals surface area contributed by atoms with Crippen LogP contribution < -0.4 is 10.9 Å². The minimum absolute atomic E-state index is 0.0702. The Labute approximate surface area is 182 Å². The number of nitrogens with zero attached hydrogens (tertiary/aromatic N) is 2. The largest absolute Gasteiger partial charge is 0.352 e. The van der Waals surface area contributed by atoms with Gasteiger partial charge in [0.05, 0.1) is 11.4 Å². The van der Waals surface area contributed by atoms with Crippen LogP contribution in [0.15, 0.2) is 29.2 Å². The van der Waals surface area contributed by atoms with Crippen LogP contribution in [0.1, 0.15) is 56.7 Å². The Kier molecular flexibility index (Phi) is 5.16. The predicted molar refractivity (Wildman–Crippen MR) is 121 cm³/mol. The minimum atomic E-state index is -0.0702. The lowest BCUT2D eigenvalue weighted by molar-refractivity contribution is -0.123. The summed E-state index contributed by atoms with van der Waals surface area (Å²) in [5.41, 5.74) is 2.68. The van der Waals surface area contributed by atoms with Crippen LogP contribution in [0.25, 0.3) is 5.65 Å². The molecule has 2 heterocycles. The van der Waals surface area contributed by atoms with E-state index in [9.17, 15) is 9.59 Å². The number of nitrogens with one attached hydrogen (secondary N) is 1. The van der Waals surface area contributed by atoms with Gasteiger partial charge in [0.1, 0.15) is 5.65 Å². The van der Waals surface area contributed by atoms with Crippen molar-refractivity contribution < 1.29 is 4.79 Å². The monoisotopic (exact) mass is 425 g/mol. The van der Waals surface area contributed by atoms with Crippen molar-refractivity contribution in [1.29, 1.82) is 0 Å². The number of aryl methyl sites for hydroxylation is 1. The summed E-state index contributed by atoms with van der Waals surface area (Å²) in [7, 11) is 0. The second-order valence-electron chi connectivity index (χ2n) is 10.1. The molecule has 4 saturated carbocycles. The van der Waals surface area contributed by atoms with E-state index in [0.29, 0.717) is 22.6 Å². The number of fused-ring (bicyclic) bond motifs is 1. The molecule has 0 saturated heterocycles. The molecule has 5 nitrogen and oxygen atoms in total. The number of rotatable bonds is 6. The lowest BCUT2D eigenvalue weighted by atomic mass is 9.48. The Morgan fingerprint density at radius 3 is 2.57 bits per heavy atom. The SMILES string of the molecule is Cc1ccc2nc(CSCC(=O)N[C@@H](C)C34CC5CC(CC(C5)C3)C4)cc(=O)n2c1. The molecule has 0 spiro atoms. The third kappa shape index (κ3) is 3.79. The summed E-state index contributed by atoms with van der Waals surface area (Å²) in [5, 5.41) is 3.32. The van der Waals surface area contributed by atoms with Crippen molar-refractivity contribution in [2.24, 2.45) is 23.2 Å². The lowest BCUT2D eigenvalue weighted by Gasteiger charge is -2.59. The number of carbonyl (C=O) groups is 1. The third-order valence-electron chi connectivity index (χ3n) is 7.73. The van der Waals surface area contributed by atoms with E-state index in [2.05, 4.69) is 17.2 Å². The first-order chi connectivity index (χ1) is 14.4. The fourth-order valence-corrected chi connectivity index (χ4v) is 7.45. The second kappa shape index (κ2) is 7.70. The Hall–Kier alpha value is -1.82. The Morgan fingerprint density at radius 1 is 1.23 bits per heavy atom. The van der Waals surface area contributed by atoms with Crippen molar-refractivity contribution in [3.8, 4) is 0 Å². The van der Waals surface area contributed by atoms with E-state index in [0.717, 1.165) is 29.0 Å². The third-order valence-corrected chi connectivity index (χ3v) is 8.69. The topological polar surface area (TPSA) is 63.5 Å². The molecule has 30 heavy (non-hydrogen) atoms. The van der Waals surface area contributed by atoms with Crippen LogP contribution in [0.5, 0.6) is 0 Å². The van der Waals surface area contributed by atoms with Crippen LogP contribution in [0.3, 0.4) is 0 Å². The zero-order chi connectivity index (χ0) is 20.9. The summed E-state index contributed by atoms with van der Waals surface area (Å²) in [6, 6.07) is 5.66. The summed E-state index contributed by atoms with van der Waals surface area (Å²) in [5.74, 6) is 3.77. The van der Waals surface area contributed by atoms with Crippen molar-refractivity contribution in [3.63, 3.8) is 0 Å². The minimum Gasteiger partial charge on any atom is -0.352 e. The highest BCUT2D eigenvalue weighted by Crippen LogP contribution is 2.61. The molecule has 0 unspecified atom stereocenters. The summed E-state index contributed by atoms with van der Waals surface area (Å²) >= 11 is 1.53. The van der Waals surface area contributed by atoms with Gasteiger partial charge in [0.25, 0.3) is 5.56 Å². The molecule has 4 aliphatic rings. The standard InChI is InChI=1S/C24H31N3O2S/c1-15-3-4-21-26-20(8-23(29)27(21)12-15)13-30-14-22(28)25-16(2)24-9-17-5-18(10-24)7-19(6-17)11-24/h3-4,8,12,16-19H,5-7,9-11,13-14H2,1-2H3,(H,25,28)/t16-,17?,18?,19?,24?/m0/s1. The molecule has 0 radical (unpaired) electrons. The number of carbonyl (C=O) groups excluding carboxylic acids is 1. The van der Waals surface area contributed by atoms with Gasteiger partial charge >= 0.3 is 0 Å². The molecule has 1 atom stereocenters. The van der Waals surface area contributed by atoms with Crippen molar-refractivity contribution in [3.05, 3.63) is 46.0 Å². The molecule has 1 amide bonds. The van der Waals surface area contributed by atoms with Gasteiger partial charge in [0.15, 0.2) is 0 Å². The quantitative estimate of drug-likeness (QED) is 0.761. The zero-order valence-corrected chi connectivity index (χ0v) is 18.7. The van der Waals surface area contributed by atoms with Gasteiger partial charge in [0, 0.05) is 24.1 Å². The van der Waals surface area contributed by atoms with Gasteiger partial charge < -0.3 is 5.32 Å². The molecular formula is C24H31N3O2S. The highest BCUT2D eigenvalue weighted by molar-refractivity contribution is 7.99. The second-order valence-corrected chi connectivity index (χ2v) is 11.1. The highest BCUT2D eigenvalue weighted by atomic mass is 32.2. The fraction of sp³-hybridized carbons (Fsp3) is 0.625. The first-order valence-electron chi connectivity index (χ1n) is 11.3. The van der Waals surface area contributed by atoms with Gasteiger partial charge in [-0.3, -0.25) is 14.0 Å². The molecule has 2 aromatic rings. The van der Waals surface area contributed by atoms with Crippen molar-refractivity contribution in [2.45, 2.75) is 64.2 Å². The number of pyridine rings is 1. The van der Waals surface area contributed by atoms with Crippen LogP contribution in [-0.4, -0.2) is 27.1 Å². The molecule has 6 rings (SSSR count). The molecule has 0 aromatic carbocycles. The fourth-order valence-electron chi connectivity index (χ4n) is 6.72. The van der Waals surface area contributed by atoms with Gasteiger partial charge in [-0.25, -0.2) is 4.98 Å².